The van der Waals surface area contributed by atoms with Crippen molar-refractivity contribution < 1.29 is 13.9 Å². The molecule has 1 aliphatic rings. The molecule has 0 aliphatic heterocycles. The first-order valence-electron chi connectivity index (χ1n) is 6.52. The van der Waals surface area contributed by atoms with Gasteiger partial charge in [0.05, 0.1) is 12.6 Å². The fourth-order valence-corrected chi connectivity index (χ4v) is 1.87. The van der Waals surface area contributed by atoms with E-state index in [1.54, 1.807) is 0 Å². The van der Waals surface area contributed by atoms with Crippen LogP contribution in [-0.2, 0) is 16.1 Å². The van der Waals surface area contributed by atoms with Gasteiger partial charge in [0.2, 0.25) is 5.91 Å². The van der Waals surface area contributed by atoms with Crippen molar-refractivity contribution in [2.75, 3.05) is 6.61 Å². The predicted molar refractivity (Wildman–Crippen MR) is 68.1 cm³/mol. The van der Waals surface area contributed by atoms with Gasteiger partial charge in [0.25, 0.3) is 0 Å². The minimum absolute atomic E-state index is 0.0558. The average Bonchev–Trinajstić information content (AvgIpc) is 3.07. The molecule has 1 aromatic rings. The zero-order chi connectivity index (χ0) is 13.1. The molecular weight excluding hydrogens is 230 g/mol. The Hall–Kier alpha value is -1.29. The smallest absolute Gasteiger partial charge is 0.249 e. The monoisotopic (exact) mass is 251 g/mol. The van der Waals surface area contributed by atoms with Crippen molar-refractivity contribution >= 4 is 5.91 Å². The molecule has 0 saturated heterocycles. The van der Waals surface area contributed by atoms with Crippen molar-refractivity contribution in [1.82, 2.24) is 4.90 Å². The largest absolute Gasteiger partial charge is 0.464 e. The van der Waals surface area contributed by atoms with Crippen molar-refractivity contribution in [3.8, 4) is 0 Å². The number of aryl methyl sites for hydroxylation is 1. The lowest BCUT2D eigenvalue weighted by Crippen LogP contribution is -2.35. The van der Waals surface area contributed by atoms with Gasteiger partial charge in [-0.05, 0) is 45.7 Å². The average molecular weight is 251 g/mol. The van der Waals surface area contributed by atoms with Gasteiger partial charge in [0.15, 0.2) is 0 Å². The maximum atomic E-state index is 12.1. The van der Waals surface area contributed by atoms with E-state index >= 15 is 0 Å². The van der Waals surface area contributed by atoms with Crippen LogP contribution in [0.1, 0.15) is 38.2 Å². The van der Waals surface area contributed by atoms with Gasteiger partial charge in [-0.1, -0.05) is 0 Å². The molecule has 1 aliphatic carbocycles. The van der Waals surface area contributed by atoms with E-state index in [4.69, 9.17) is 9.15 Å². The highest BCUT2D eigenvalue weighted by atomic mass is 16.5. The van der Waals surface area contributed by atoms with Crippen LogP contribution in [0.3, 0.4) is 0 Å². The van der Waals surface area contributed by atoms with E-state index < -0.39 is 0 Å². The van der Waals surface area contributed by atoms with Crippen LogP contribution in [0.25, 0.3) is 0 Å². The van der Waals surface area contributed by atoms with Crippen LogP contribution >= 0.6 is 0 Å². The summed E-state index contributed by atoms with van der Waals surface area (Å²) in [6, 6.07) is 4.23. The van der Waals surface area contributed by atoms with E-state index in [2.05, 4.69) is 0 Å². The van der Waals surface area contributed by atoms with E-state index in [0.717, 1.165) is 24.4 Å². The number of hydrogen-bond donors (Lipinski definition) is 0. The van der Waals surface area contributed by atoms with Gasteiger partial charge in [0, 0.05) is 6.04 Å². The molecule has 4 nitrogen and oxygen atoms in total. The summed E-state index contributed by atoms with van der Waals surface area (Å²) >= 11 is 0. The van der Waals surface area contributed by atoms with Crippen LogP contribution in [0.2, 0.25) is 0 Å². The number of ether oxygens (including phenoxy) is 1. The second kappa shape index (κ2) is 5.57. The number of amides is 1. The summed E-state index contributed by atoms with van der Waals surface area (Å²) < 4.78 is 10.9. The van der Waals surface area contributed by atoms with Crippen LogP contribution < -0.4 is 0 Å². The van der Waals surface area contributed by atoms with E-state index in [1.165, 1.54) is 0 Å². The molecule has 1 saturated carbocycles. The molecule has 0 atom stereocenters. The third-order valence-corrected chi connectivity index (χ3v) is 2.97. The number of furan rings is 1. The first-order valence-corrected chi connectivity index (χ1v) is 6.52. The highest BCUT2D eigenvalue weighted by Crippen LogP contribution is 2.28. The van der Waals surface area contributed by atoms with Gasteiger partial charge < -0.3 is 14.1 Å². The second-order valence-electron chi connectivity index (χ2n) is 5.12. The van der Waals surface area contributed by atoms with E-state index in [9.17, 15) is 4.79 Å². The molecule has 1 aromatic heterocycles. The lowest BCUT2D eigenvalue weighted by Gasteiger charge is -2.21. The summed E-state index contributed by atoms with van der Waals surface area (Å²) in [5, 5.41) is 0. The first kappa shape index (κ1) is 13.1. The second-order valence-corrected chi connectivity index (χ2v) is 5.12. The molecule has 0 aromatic carbocycles. The summed E-state index contributed by atoms with van der Waals surface area (Å²) in [5.74, 6) is 1.78. The molecule has 0 bridgehead atoms. The molecule has 0 N–H and O–H groups in total. The summed E-state index contributed by atoms with van der Waals surface area (Å²) in [6.45, 7) is 6.50. The Morgan fingerprint density at radius 1 is 1.50 bits per heavy atom. The molecule has 1 amide bonds. The van der Waals surface area contributed by atoms with Crippen molar-refractivity contribution in [1.29, 1.82) is 0 Å². The molecule has 2 rings (SSSR count). The lowest BCUT2D eigenvalue weighted by atomic mass is 10.3. The number of carbonyl (C=O) groups is 1. The maximum Gasteiger partial charge on any atom is 0.249 e. The molecule has 0 unspecified atom stereocenters. The SMILES string of the molecule is Cc1ccc(CN(C(=O)COC(C)C)C2CC2)o1. The summed E-state index contributed by atoms with van der Waals surface area (Å²) in [4.78, 5) is 14.0. The van der Waals surface area contributed by atoms with Crippen molar-refractivity contribution in [2.45, 2.75) is 52.3 Å². The number of hydrogen-bond acceptors (Lipinski definition) is 3. The van der Waals surface area contributed by atoms with Crippen molar-refractivity contribution in [2.24, 2.45) is 0 Å². The van der Waals surface area contributed by atoms with Crippen molar-refractivity contribution in [3.63, 3.8) is 0 Å². The molecule has 0 spiro atoms. The molecule has 0 radical (unpaired) electrons. The van der Waals surface area contributed by atoms with Gasteiger partial charge in [0.1, 0.15) is 18.1 Å². The molecule has 100 valence electrons. The Balaban J connectivity index is 1.93. The number of nitrogens with zero attached hydrogens (tertiary/aromatic N) is 1. The standard InChI is InChI=1S/C14H21NO3/c1-10(2)17-9-14(16)15(12-5-6-12)8-13-7-4-11(3)18-13/h4,7,10,12H,5-6,8-9H2,1-3H3. The molecule has 4 heteroatoms. The Morgan fingerprint density at radius 2 is 2.22 bits per heavy atom. The Morgan fingerprint density at radius 3 is 2.72 bits per heavy atom. The highest BCUT2D eigenvalue weighted by Gasteiger charge is 2.33. The Labute approximate surface area is 108 Å². The van der Waals surface area contributed by atoms with Crippen LogP contribution in [0.4, 0.5) is 0 Å². The van der Waals surface area contributed by atoms with Gasteiger partial charge >= 0.3 is 0 Å². The number of rotatable bonds is 6. The third kappa shape index (κ3) is 3.60. The number of carbonyl (C=O) groups excluding carboxylic acids is 1. The highest BCUT2D eigenvalue weighted by molar-refractivity contribution is 5.78. The third-order valence-electron chi connectivity index (χ3n) is 2.97. The molecule has 1 fully saturated rings. The van der Waals surface area contributed by atoms with Crippen molar-refractivity contribution in [3.05, 3.63) is 23.7 Å². The molecule has 1 heterocycles. The fraction of sp³-hybridized carbons (Fsp3) is 0.643. The van der Waals surface area contributed by atoms with Crippen LogP contribution in [-0.4, -0.2) is 29.6 Å². The zero-order valence-electron chi connectivity index (χ0n) is 11.3. The predicted octanol–water partition coefficient (Wildman–Crippen LogP) is 2.50. The molecular formula is C14H21NO3. The van der Waals surface area contributed by atoms with Gasteiger partial charge in [-0.2, -0.15) is 0 Å². The van der Waals surface area contributed by atoms with E-state index in [-0.39, 0.29) is 18.6 Å². The van der Waals surface area contributed by atoms with Crippen LogP contribution in [0.15, 0.2) is 16.5 Å². The Kier molecular flexibility index (Phi) is 4.07. The normalized spacial score (nSPS) is 15.1. The summed E-state index contributed by atoms with van der Waals surface area (Å²) in [7, 11) is 0. The minimum atomic E-state index is 0.0558. The summed E-state index contributed by atoms with van der Waals surface area (Å²) in [6.07, 6.45) is 2.26. The van der Waals surface area contributed by atoms with E-state index in [1.807, 2.05) is 37.8 Å². The maximum absolute atomic E-state index is 12.1. The van der Waals surface area contributed by atoms with Gasteiger partial charge in [-0.25, -0.2) is 0 Å². The van der Waals surface area contributed by atoms with Gasteiger partial charge in [-0.3, -0.25) is 4.79 Å². The Bertz CT molecular complexity index is 407. The molecule has 18 heavy (non-hydrogen) atoms. The van der Waals surface area contributed by atoms with Gasteiger partial charge in [-0.15, -0.1) is 0 Å². The van der Waals surface area contributed by atoms with E-state index in [0.29, 0.717) is 12.6 Å². The zero-order valence-corrected chi connectivity index (χ0v) is 11.3. The summed E-state index contributed by atoms with van der Waals surface area (Å²) in [5.41, 5.74) is 0. The minimum Gasteiger partial charge on any atom is -0.464 e. The van der Waals surface area contributed by atoms with Crippen LogP contribution in [0.5, 0.6) is 0 Å². The topological polar surface area (TPSA) is 42.7 Å². The fourth-order valence-electron chi connectivity index (χ4n) is 1.87. The quantitative estimate of drug-likeness (QED) is 0.780. The first-order chi connectivity index (χ1) is 8.56. The van der Waals surface area contributed by atoms with Crippen LogP contribution in [0, 0.1) is 6.92 Å². The lowest BCUT2D eigenvalue weighted by molar-refractivity contribution is -0.139.